The number of hydrogen-bond donors (Lipinski definition) is 0. The van der Waals surface area contributed by atoms with Crippen LogP contribution in [0.4, 0.5) is 0 Å². The first kappa shape index (κ1) is 20.7. The zero-order valence-electron chi connectivity index (χ0n) is 18.0. The molecule has 0 amide bonds. The Kier molecular flexibility index (Phi) is 8.49. The van der Waals surface area contributed by atoms with Gasteiger partial charge in [-0.1, -0.05) is 93.3 Å². The highest BCUT2D eigenvalue weighted by Crippen LogP contribution is 2.41. The van der Waals surface area contributed by atoms with Crippen LogP contribution in [0.3, 0.4) is 0 Å². The minimum absolute atomic E-state index is 0.995. The fraction of sp³-hybridized carbons (Fsp3) is 0.704. The lowest BCUT2D eigenvalue weighted by atomic mass is 9.70. The largest absolute Gasteiger partial charge is 0.0850 e. The van der Waals surface area contributed by atoms with Gasteiger partial charge in [-0.3, -0.25) is 0 Å². The van der Waals surface area contributed by atoms with Crippen LogP contribution < -0.4 is 0 Å². The molecule has 2 aliphatic carbocycles. The molecule has 0 radical (unpaired) electrons. The average molecular weight is 367 g/mol. The van der Waals surface area contributed by atoms with Gasteiger partial charge in [0.25, 0.3) is 0 Å². The molecule has 0 N–H and O–H groups in total. The fourth-order valence-electron chi connectivity index (χ4n) is 5.43. The molecule has 0 nitrogen and oxygen atoms in total. The third-order valence-corrected chi connectivity index (χ3v) is 7.42. The molecule has 0 aromatic heterocycles. The maximum absolute atomic E-state index is 2.62. The quantitative estimate of drug-likeness (QED) is 0.304. The first-order valence-electron chi connectivity index (χ1n) is 12.0. The maximum Gasteiger partial charge on any atom is -0.0241 e. The summed E-state index contributed by atoms with van der Waals surface area (Å²) < 4.78 is 0. The molecule has 0 bridgehead atoms. The first-order chi connectivity index (χ1) is 13.2. The molecule has 1 aromatic rings. The van der Waals surface area contributed by atoms with Crippen molar-refractivity contribution in [3.05, 3.63) is 47.0 Å². The van der Waals surface area contributed by atoms with Crippen molar-refractivity contribution in [2.24, 2.45) is 17.8 Å². The van der Waals surface area contributed by atoms with Gasteiger partial charge >= 0.3 is 0 Å². The number of allylic oxidation sites excluding steroid dienone is 2. The van der Waals surface area contributed by atoms with Crippen molar-refractivity contribution in [1.82, 2.24) is 0 Å². The van der Waals surface area contributed by atoms with E-state index in [1.54, 1.807) is 5.57 Å². The molecular formula is C27H42. The molecule has 1 unspecified atom stereocenters. The van der Waals surface area contributed by atoms with Crippen LogP contribution in [0.15, 0.2) is 35.9 Å². The normalized spacial score (nSPS) is 26.0. The van der Waals surface area contributed by atoms with Crippen LogP contribution in [0.5, 0.6) is 0 Å². The van der Waals surface area contributed by atoms with E-state index in [0.717, 1.165) is 17.8 Å². The van der Waals surface area contributed by atoms with E-state index < -0.39 is 0 Å². The van der Waals surface area contributed by atoms with E-state index in [1.807, 2.05) is 0 Å². The topological polar surface area (TPSA) is 0 Å². The summed E-state index contributed by atoms with van der Waals surface area (Å²) in [5.41, 5.74) is 4.60. The van der Waals surface area contributed by atoms with Crippen LogP contribution >= 0.6 is 0 Å². The van der Waals surface area contributed by atoms with Crippen molar-refractivity contribution in [2.75, 3.05) is 0 Å². The Morgan fingerprint density at radius 2 is 1.59 bits per heavy atom. The summed E-state index contributed by atoms with van der Waals surface area (Å²) in [6, 6.07) is 9.12. The van der Waals surface area contributed by atoms with Gasteiger partial charge in [0.1, 0.15) is 0 Å². The number of unbranched alkanes of at least 4 members (excludes halogenated alkanes) is 3. The molecule has 1 aromatic carbocycles. The summed E-state index contributed by atoms with van der Waals surface area (Å²) in [7, 11) is 0. The van der Waals surface area contributed by atoms with Crippen molar-refractivity contribution in [2.45, 2.75) is 104 Å². The Labute approximate surface area is 168 Å². The van der Waals surface area contributed by atoms with Gasteiger partial charge in [0, 0.05) is 0 Å². The lowest BCUT2D eigenvalue weighted by molar-refractivity contribution is 0.185. The minimum Gasteiger partial charge on any atom is -0.0850 e. The number of hydrogen-bond acceptors (Lipinski definition) is 0. The summed E-state index contributed by atoms with van der Waals surface area (Å²) in [4.78, 5) is 0. The second kappa shape index (κ2) is 11.1. The number of benzene rings is 1. The van der Waals surface area contributed by atoms with Crippen LogP contribution in [0.2, 0.25) is 0 Å². The van der Waals surface area contributed by atoms with Crippen LogP contribution in [0.25, 0.3) is 0 Å². The molecule has 0 heterocycles. The van der Waals surface area contributed by atoms with Gasteiger partial charge in [-0.15, -0.1) is 0 Å². The molecule has 1 fully saturated rings. The molecular weight excluding hydrogens is 324 g/mol. The lowest BCUT2D eigenvalue weighted by Gasteiger charge is -2.35. The zero-order valence-corrected chi connectivity index (χ0v) is 18.0. The second-order valence-corrected chi connectivity index (χ2v) is 9.51. The highest BCUT2D eigenvalue weighted by molar-refractivity contribution is 5.22. The van der Waals surface area contributed by atoms with Crippen molar-refractivity contribution >= 4 is 0 Å². The smallest absolute Gasteiger partial charge is 0.0241 e. The molecule has 0 spiro atoms. The molecule has 150 valence electrons. The third-order valence-electron chi connectivity index (χ3n) is 7.42. The molecule has 1 saturated carbocycles. The van der Waals surface area contributed by atoms with Gasteiger partial charge in [0.2, 0.25) is 0 Å². The Morgan fingerprint density at radius 1 is 0.815 bits per heavy atom. The van der Waals surface area contributed by atoms with E-state index in [2.05, 4.69) is 44.2 Å². The van der Waals surface area contributed by atoms with Crippen molar-refractivity contribution < 1.29 is 0 Å². The fourth-order valence-corrected chi connectivity index (χ4v) is 5.43. The predicted molar refractivity (Wildman–Crippen MR) is 119 cm³/mol. The Morgan fingerprint density at radius 3 is 2.26 bits per heavy atom. The Bertz CT molecular complexity index is 556. The number of aryl methyl sites for hydroxylation is 2. The van der Waals surface area contributed by atoms with Crippen molar-refractivity contribution in [3.8, 4) is 0 Å². The van der Waals surface area contributed by atoms with E-state index in [-0.39, 0.29) is 0 Å². The highest BCUT2D eigenvalue weighted by Gasteiger charge is 2.28. The van der Waals surface area contributed by atoms with E-state index in [4.69, 9.17) is 0 Å². The summed E-state index contributed by atoms with van der Waals surface area (Å²) >= 11 is 0. The Hall–Kier alpha value is -1.04. The Balaban J connectivity index is 1.34. The van der Waals surface area contributed by atoms with Gasteiger partial charge in [0.05, 0.1) is 0 Å². The second-order valence-electron chi connectivity index (χ2n) is 9.51. The molecule has 3 rings (SSSR count). The van der Waals surface area contributed by atoms with Gasteiger partial charge in [-0.25, -0.2) is 0 Å². The van der Waals surface area contributed by atoms with Crippen LogP contribution in [-0.2, 0) is 6.42 Å². The van der Waals surface area contributed by atoms with Gasteiger partial charge in [0.15, 0.2) is 0 Å². The SMILES string of the molecule is CCCCCC[C@H]1CC[C@H](C2CC=C(CCc3ccc(C)cc3)CC2)CC1. The molecule has 0 aliphatic heterocycles. The minimum atomic E-state index is 0.995. The van der Waals surface area contributed by atoms with Gasteiger partial charge in [-0.2, -0.15) is 0 Å². The van der Waals surface area contributed by atoms with Crippen molar-refractivity contribution in [1.29, 1.82) is 0 Å². The number of rotatable bonds is 9. The van der Waals surface area contributed by atoms with E-state index >= 15 is 0 Å². The summed E-state index contributed by atoms with van der Waals surface area (Å²) in [5.74, 6) is 3.09. The zero-order chi connectivity index (χ0) is 18.9. The van der Waals surface area contributed by atoms with Crippen LogP contribution in [-0.4, -0.2) is 0 Å². The molecule has 0 heteroatoms. The van der Waals surface area contributed by atoms with Crippen LogP contribution in [0.1, 0.15) is 102 Å². The summed E-state index contributed by atoms with van der Waals surface area (Å²) in [6.45, 7) is 4.49. The van der Waals surface area contributed by atoms with Gasteiger partial charge in [-0.05, 0) is 75.2 Å². The molecule has 0 saturated heterocycles. The highest BCUT2D eigenvalue weighted by atomic mass is 14.3. The predicted octanol–water partition coefficient (Wildman–Crippen LogP) is 8.43. The molecule has 2 aliphatic rings. The molecule has 1 atom stereocenters. The monoisotopic (exact) mass is 366 g/mol. The van der Waals surface area contributed by atoms with E-state index in [0.29, 0.717) is 0 Å². The lowest BCUT2D eigenvalue weighted by Crippen LogP contribution is -2.23. The molecule has 27 heavy (non-hydrogen) atoms. The van der Waals surface area contributed by atoms with E-state index in [1.165, 1.54) is 101 Å². The van der Waals surface area contributed by atoms with E-state index in [9.17, 15) is 0 Å². The summed E-state index contributed by atoms with van der Waals surface area (Å²) in [6.07, 6.45) is 22.7. The standard InChI is InChI=1S/C27H42/c1-3-4-5-6-7-23-14-18-26(19-15-23)27-20-16-25(17-21-27)13-12-24-10-8-22(2)9-11-24/h8-11,16,23,26-27H,3-7,12-15,17-21H2,1-2H3/t23-,26-,27?. The third kappa shape index (κ3) is 6.81. The maximum atomic E-state index is 2.62. The van der Waals surface area contributed by atoms with Crippen molar-refractivity contribution in [3.63, 3.8) is 0 Å². The average Bonchev–Trinajstić information content (AvgIpc) is 2.72. The summed E-state index contributed by atoms with van der Waals surface area (Å²) in [5, 5.41) is 0. The van der Waals surface area contributed by atoms with Crippen LogP contribution in [0, 0.1) is 24.7 Å². The first-order valence-corrected chi connectivity index (χ1v) is 12.0. The van der Waals surface area contributed by atoms with Gasteiger partial charge < -0.3 is 0 Å².